The fourth-order valence-electron chi connectivity index (χ4n) is 5.93. The molecule has 0 radical (unpaired) electrons. The first-order valence-electron chi connectivity index (χ1n) is 17.2. The van der Waals surface area contributed by atoms with Gasteiger partial charge >= 0.3 is 6.09 Å². The molecule has 1 N–H and O–H groups in total. The summed E-state index contributed by atoms with van der Waals surface area (Å²) in [4.78, 5) is 28.6. The van der Waals surface area contributed by atoms with Gasteiger partial charge in [-0.15, -0.1) is 0 Å². The molecule has 0 atom stereocenters. The Morgan fingerprint density at radius 3 is 1.68 bits per heavy atom. The molecule has 8 heteroatoms. The van der Waals surface area contributed by atoms with Gasteiger partial charge in [-0.1, -0.05) is 78.9 Å². The van der Waals surface area contributed by atoms with E-state index in [9.17, 15) is 9.90 Å². The van der Waals surface area contributed by atoms with Crippen LogP contribution in [0.1, 0.15) is 54.4 Å². The van der Waals surface area contributed by atoms with Crippen molar-refractivity contribution >= 4 is 6.09 Å². The smallest absolute Gasteiger partial charge is 0.410 e. The van der Waals surface area contributed by atoms with E-state index in [4.69, 9.17) is 4.74 Å². The molecule has 260 valence electrons. The summed E-state index contributed by atoms with van der Waals surface area (Å²) < 4.78 is 5.86. The van der Waals surface area contributed by atoms with Crippen molar-refractivity contribution in [3.8, 4) is 16.9 Å². The lowest BCUT2D eigenvalue weighted by atomic mass is 10.0. The molecular weight excluding hydrogens is 622 g/mol. The summed E-state index contributed by atoms with van der Waals surface area (Å²) in [6.45, 7) is 8.91. The topological polar surface area (TPSA) is 82.0 Å². The van der Waals surface area contributed by atoms with Crippen LogP contribution in [0.15, 0.2) is 116 Å². The van der Waals surface area contributed by atoms with Gasteiger partial charge in [0.15, 0.2) is 0 Å². The Bertz CT molecular complexity index is 1720. The Hall–Kier alpha value is -5.05. The maximum Gasteiger partial charge on any atom is 0.410 e. The number of phenolic OH excluding ortho intramolecular Hbond substituents is 1. The highest BCUT2D eigenvalue weighted by molar-refractivity contribution is 5.68. The lowest BCUT2D eigenvalue weighted by Crippen LogP contribution is -2.37. The summed E-state index contributed by atoms with van der Waals surface area (Å²) in [5, 5.41) is 11.6. The second kappa shape index (κ2) is 17.1. The van der Waals surface area contributed by atoms with Crippen molar-refractivity contribution in [2.24, 2.45) is 0 Å². The van der Waals surface area contributed by atoms with E-state index in [1.54, 1.807) is 17.3 Å². The van der Waals surface area contributed by atoms with Crippen LogP contribution < -0.4 is 0 Å². The molecule has 50 heavy (non-hydrogen) atoms. The number of hydrogen-bond acceptors (Lipinski definition) is 7. The summed E-state index contributed by atoms with van der Waals surface area (Å²) in [7, 11) is 4.06. The number of rotatable bonds is 14. The molecule has 1 amide bonds. The number of aromatic hydroxyl groups is 1. The average molecular weight is 672 g/mol. The number of ether oxygens (including phenoxy) is 1. The van der Waals surface area contributed by atoms with Gasteiger partial charge in [0, 0.05) is 62.8 Å². The lowest BCUT2D eigenvalue weighted by Gasteiger charge is -2.28. The van der Waals surface area contributed by atoms with Crippen molar-refractivity contribution in [1.82, 2.24) is 24.7 Å². The Kier molecular flexibility index (Phi) is 12.4. The number of pyridine rings is 2. The molecule has 2 aromatic heterocycles. The molecule has 0 saturated carbocycles. The van der Waals surface area contributed by atoms with Crippen molar-refractivity contribution in [3.63, 3.8) is 0 Å². The third kappa shape index (κ3) is 11.0. The minimum Gasteiger partial charge on any atom is -0.507 e. The minimum absolute atomic E-state index is 0.289. The zero-order valence-corrected chi connectivity index (χ0v) is 29.9. The predicted molar refractivity (Wildman–Crippen MR) is 199 cm³/mol. The van der Waals surface area contributed by atoms with E-state index in [0.717, 1.165) is 44.8 Å². The van der Waals surface area contributed by atoms with E-state index >= 15 is 0 Å². The summed E-state index contributed by atoms with van der Waals surface area (Å²) in [6.07, 6.45) is 3.83. The molecule has 0 saturated heterocycles. The maximum absolute atomic E-state index is 13.5. The molecular formula is C42H49N5O3. The fraction of sp³-hybridized carbons (Fsp3) is 0.310. The van der Waals surface area contributed by atoms with Crippen molar-refractivity contribution in [2.75, 3.05) is 20.6 Å². The van der Waals surface area contributed by atoms with Crippen LogP contribution in [0.4, 0.5) is 4.79 Å². The van der Waals surface area contributed by atoms with E-state index in [1.807, 2.05) is 89.5 Å². The molecule has 3 aromatic carbocycles. The number of amides is 1. The highest BCUT2D eigenvalue weighted by Gasteiger charge is 2.23. The standard InChI is InChI=1S/C42H49N5O3/c1-42(2,3)50-41(49)47(27-32-17-19-35(20-18-32)34-13-7-6-8-14-34)24-21-33-25-36(28-45(4)30-38-15-9-11-22-43-38)40(48)37(26-33)29-46(5)31-39-16-10-12-23-44-39/h6-20,22-23,25-26,48H,21,24,27-31H2,1-5H3. The van der Waals surface area contributed by atoms with Crippen LogP contribution in [0.5, 0.6) is 5.75 Å². The summed E-state index contributed by atoms with van der Waals surface area (Å²) >= 11 is 0. The first-order valence-corrected chi connectivity index (χ1v) is 17.2. The molecule has 5 rings (SSSR count). The van der Waals surface area contributed by atoms with Crippen molar-refractivity contribution in [1.29, 1.82) is 0 Å². The molecule has 0 aliphatic heterocycles. The largest absolute Gasteiger partial charge is 0.507 e. The quantitative estimate of drug-likeness (QED) is 0.128. The molecule has 0 aliphatic carbocycles. The Labute approximate surface area is 297 Å². The number of hydrogen-bond donors (Lipinski definition) is 1. The van der Waals surface area contributed by atoms with Crippen molar-refractivity contribution < 1.29 is 14.6 Å². The van der Waals surface area contributed by atoms with Crippen LogP contribution in [-0.4, -0.2) is 62.1 Å². The van der Waals surface area contributed by atoms with Gasteiger partial charge < -0.3 is 14.7 Å². The van der Waals surface area contributed by atoms with Gasteiger partial charge in [-0.3, -0.25) is 19.8 Å². The number of benzene rings is 3. The summed E-state index contributed by atoms with van der Waals surface area (Å²) in [5.74, 6) is 0.289. The van der Waals surface area contributed by atoms with Gasteiger partial charge in [0.2, 0.25) is 0 Å². The number of carbonyl (C=O) groups is 1. The molecule has 0 aliphatic rings. The van der Waals surface area contributed by atoms with Crippen LogP contribution in [0.2, 0.25) is 0 Å². The first kappa shape index (κ1) is 36.2. The summed E-state index contributed by atoms with van der Waals surface area (Å²) in [5.41, 5.74) is 7.32. The molecule has 0 unspecified atom stereocenters. The van der Waals surface area contributed by atoms with E-state index in [-0.39, 0.29) is 11.8 Å². The second-order valence-electron chi connectivity index (χ2n) is 14.0. The van der Waals surface area contributed by atoms with E-state index in [0.29, 0.717) is 45.7 Å². The zero-order valence-electron chi connectivity index (χ0n) is 29.9. The highest BCUT2D eigenvalue weighted by Crippen LogP contribution is 2.29. The van der Waals surface area contributed by atoms with Crippen LogP contribution >= 0.6 is 0 Å². The van der Waals surface area contributed by atoms with Crippen molar-refractivity contribution in [3.05, 3.63) is 149 Å². The second-order valence-corrected chi connectivity index (χ2v) is 14.0. The van der Waals surface area contributed by atoms with Gasteiger partial charge in [-0.05, 0) is 87.8 Å². The molecule has 8 nitrogen and oxygen atoms in total. The van der Waals surface area contributed by atoms with Crippen LogP contribution in [-0.2, 0) is 43.9 Å². The Balaban J connectivity index is 1.37. The molecule has 0 bridgehead atoms. The predicted octanol–water partition coefficient (Wildman–Crippen LogP) is 8.09. The maximum atomic E-state index is 13.5. The van der Waals surface area contributed by atoms with Gasteiger partial charge in [0.1, 0.15) is 11.4 Å². The minimum atomic E-state index is -0.623. The fourth-order valence-corrected chi connectivity index (χ4v) is 5.93. The monoisotopic (exact) mass is 671 g/mol. The van der Waals surface area contributed by atoms with Gasteiger partial charge in [0.25, 0.3) is 0 Å². The third-order valence-corrected chi connectivity index (χ3v) is 8.28. The van der Waals surface area contributed by atoms with E-state index < -0.39 is 5.60 Å². The number of aromatic nitrogens is 2. The van der Waals surface area contributed by atoms with Gasteiger partial charge in [-0.2, -0.15) is 0 Å². The number of phenols is 1. The first-order chi connectivity index (χ1) is 24.0. The number of nitrogens with zero attached hydrogens (tertiary/aromatic N) is 5. The average Bonchev–Trinajstić information content (AvgIpc) is 3.09. The molecule has 5 aromatic rings. The highest BCUT2D eigenvalue weighted by atomic mass is 16.6. The SMILES string of the molecule is CN(Cc1ccccn1)Cc1cc(CCN(Cc2ccc(-c3ccccc3)cc2)C(=O)OC(C)(C)C)cc(CN(C)Cc2ccccn2)c1O. The Morgan fingerprint density at radius 1 is 0.660 bits per heavy atom. The molecule has 0 spiro atoms. The normalized spacial score (nSPS) is 11.6. The van der Waals surface area contributed by atoms with Gasteiger partial charge in [0.05, 0.1) is 11.4 Å². The Morgan fingerprint density at radius 2 is 1.18 bits per heavy atom. The molecule has 2 heterocycles. The van der Waals surface area contributed by atoms with Gasteiger partial charge in [-0.25, -0.2) is 4.79 Å². The van der Waals surface area contributed by atoms with Crippen molar-refractivity contribution in [2.45, 2.75) is 65.5 Å². The molecule has 0 fully saturated rings. The lowest BCUT2D eigenvalue weighted by molar-refractivity contribution is 0.0236. The van der Waals surface area contributed by atoms with E-state index in [1.165, 1.54) is 0 Å². The van der Waals surface area contributed by atoms with Crippen LogP contribution in [0, 0.1) is 0 Å². The van der Waals surface area contributed by atoms with Crippen LogP contribution in [0.25, 0.3) is 11.1 Å². The van der Waals surface area contributed by atoms with Crippen LogP contribution in [0.3, 0.4) is 0 Å². The summed E-state index contributed by atoms with van der Waals surface area (Å²) in [6, 6.07) is 34.5. The number of carbonyl (C=O) groups excluding carboxylic acids is 1. The zero-order chi connectivity index (χ0) is 35.5. The van der Waals surface area contributed by atoms with E-state index in [2.05, 4.69) is 68.3 Å². The third-order valence-electron chi connectivity index (χ3n) is 8.28.